The number of oxazole rings is 1. The molecule has 144 valence electrons. The van der Waals surface area contributed by atoms with Crippen LogP contribution in [0.5, 0.6) is 11.5 Å². The number of nitrogens with zero attached hydrogens (tertiary/aromatic N) is 2. The van der Waals surface area contributed by atoms with Gasteiger partial charge >= 0.3 is 0 Å². The highest BCUT2D eigenvalue weighted by molar-refractivity contribution is 5.53. The highest BCUT2D eigenvalue weighted by Crippen LogP contribution is 2.38. The van der Waals surface area contributed by atoms with E-state index in [1.165, 1.54) is 17.5 Å². The van der Waals surface area contributed by atoms with Crippen LogP contribution >= 0.6 is 0 Å². The fraction of sp³-hybridized carbons (Fsp3) is 0.348. The molecule has 1 atom stereocenters. The summed E-state index contributed by atoms with van der Waals surface area (Å²) in [7, 11) is 0. The summed E-state index contributed by atoms with van der Waals surface area (Å²) >= 11 is 0. The summed E-state index contributed by atoms with van der Waals surface area (Å²) in [6.07, 6.45) is 4.11. The second kappa shape index (κ2) is 7.32. The Morgan fingerprint density at radius 3 is 2.71 bits per heavy atom. The van der Waals surface area contributed by atoms with Gasteiger partial charge in [0.05, 0.1) is 5.69 Å². The van der Waals surface area contributed by atoms with E-state index in [1.54, 1.807) is 6.26 Å². The van der Waals surface area contributed by atoms with Gasteiger partial charge in [-0.25, -0.2) is 4.98 Å². The van der Waals surface area contributed by atoms with Crippen molar-refractivity contribution >= 4 is 0 Å². The molecule has 0 bridgehead atoms. The van der Waals surface area contributed by atoms with Crippen molar-refractivity contribution in [3.05, 3.63) is 65.5 Å². The minimum Gasteiger partial charge on any atom is -0.486 e. The summed E-state index contributed by atoms with van der Waals surface area (Å²) < 4.78 is 17.2. The molecule has 2 aliphatic heterocycles. The van der Waals surface area contributed by atoms with Gasteiger partial charge in [-0.3, -0.25) is 4.90 Å². The van der Waals surface area contributed by atoms with Gasteiger partial charge in [-0.1, -0.05) is 23.8 Å². The molecule has 0 aliphatic carbocycles. The third-order valence-corrected chi connectivity index (χ3v) is 5.53. The number of fused-ring (bicyclic) bond motifs is 1. The molecule has 0 radical (unpaired) electrons. The molecule has 28 heavy (non-hydrogen) atoms. The predicted molar refractivity (Wildman–Crippen MR) is 106 cm³/mol. The molecule has 0 amide bonds. The Kier molecular flexibility index (Phi) is 4.53. The molecular formula is C23H24N2O3. The van der Waals surface area contributed by atoms with Gasteiger partial charge in [-0.2, -0.15) is 0 Å². The van der Waals surface area contributed by atoms with Crippen molar-refractivity contribution in [2.75, 3.05) is 19.8 Å². The molecule has 1 fully saturated rings. The molecule has 2 aliphatic rings. The van der Waals surface area contributed by atoms with Gasteiger partial charge in [-0.15, -0.1) is 0 Å². The summed E-state index contributed by atoms with van der Waals surface area (Å²) in [5.41, 5.74) is 4.50. The number of hydrogen-bond donors (Lipinski definition) is 0. The second-order valence-electron chi connectivity index (χ2n) is 7.54. The largest absolute Gasteiger partial charge is 0.486 e. The number of likely N-dealkylation sites (tertiary alicyclic amines) is 1. The van der Waals surface area contributed by atoms with Crippen molar-refractivity contribution in [2.45, 2.75) is 32.4 Å². The van der Waals surface area contributed by atoms with Crippen molar-refractivity contribution < 1.29 is 13.9 Å². The fourth-order valence-electron chi connectivity index (χ4n) is 4.08. The van der Waals surface area contributed by atoms with Crippen LogP contribution in [0.2, 0.25) is 0 Å². The van der Waals surface area contributed by atoms with Gasteiger partial charge in [0.25, 0.3) is 0 Å². The number of aromatic nitrogens is 1. The number of benzene rings is 2. The molecule has 3 aromatic rings. The number of rotatable bonds is 4. The van der Waals surface area contributed by atoms with Crippen LogP contribution < -0.4 is 9.47 Å². The maximum atomic E-state index is 5.77. The Morgan fingerprint density at radius 1 is 1.04 bits per heavy atom. The first-order valence-electron chi connectivity index (χ1n) is 9.91. The van der Waals surface area contributed by atoms with Crippen LogP contribution in [0, 0.1) is 6.92 Å². The first kappa shape index (κ1) is 17.3. The van der Waals surface area contributed by atoms with Crippen molar-refractivity contribution in [3.63, 3.8) is 0 Å². The van der Waals surface area contributed by atoms with Crippen LogP contribution in [-0.2, 0) is 6.54 Å². The highest BCUT2D eigenvalue weighted by atomic mass is 16.6. The molecular weight excluding hydrogens is 352 g/mol. The fourth-order valence-corrected chi connectivity index (χ4v) is 4.08. The predicted octanol–water partition coefficient (Wildman–Crippen LogP) is 4.76. The van der Waals surface area contributed by atoms with Crippen LogP contribution in [0.25, 0.3) is 11.5 Å². The topological polar surface area (TPSA) is 47.7 Å². The van der Waals surface area contributed by atoms with E-state index < -0.39 is 0 Å². The molecule has 1 unspecified atom stereocenters. The molecule has 0 saturated carbocycles. The van der Waals surface area contributed by atoms with Crippen molar-refractivity contribution in [1.82, 2.24) is 9.88 Å². The molecule has 3 heterocycles. The normalized spacial score (nSPS) is 19.1. The minimum absolute atomic E-state index is 0.371. The van der Waals surface area contributed by atoms with Crippen LogP contribution in [0.15, 0.2) is 53.1 Å². The summed E-state index contributed by atoms with van der Waals surface area (Å²) in [6.45, 7) is 5.17. The first-order chi connectivity index (χ1) is 13.8. The molecule has 5 rings (SSSR count). The Bertz CT molecular complexity index is 964. The molecule has 5 heteroatoms. The Morgan fingerprint density at radius 2 is 1.86 bits per heavy atom. The average molecular weight is 376 g/mol. The van der Waals surface area contributed by atoms with Gasteiger partial charge in [0.1, 0.15) is 19.5 Å². The van der Waals surface area contributed by atoms with Crippen LogP contribution in [0.4, 0.5) is 0 Å². The lowest BCUT2D eigenvalue weighted by atomic mass is 10.0. The first-order valence-corrected chi connectivity index (χ1v) is 9.91. The maximum Gasteiger partial charge on any atom is 0.226 e. The van der Waals surface area contributed by atoms with Crippen LogP contribution in [-0.4, -0.2) is 29.6 Å². The van der Waals surface area contributed by atoms with Crippen molar-refractivity contribution in [3.8, 4) is 23.0 Å². The second-order valence-corrected chi connectivity index (χ2v) is 7.54. The smallest absolute Gasteiger partial charge is 0.226 e. The zero-order valence-electron chi connectivity index (χ0n) is 16.1. The molecule has 1 saturated heterocycles. The summed E-state index contributed by atoms with van der Waals surface area (Å²) in [5.74, 6) is 2.39. The lowest BCUT2D eigenvalue weighted by Gasteiger charge is -2.25. The molecule has 5 nitrogen and oxygen atoms in total. The van der Waals surface area contributed by atoms with Gasteiger partial charge in [0.2, 0.25) is 5.89 Å². The van der Waals surface area contributed by atoms with Crippen molar-refractivity contribution in [1.29, 1.82) is 0 Å². The molecule has 0 N–H and O–H groups in total. The zero-order chi connectivity index (χ0) is 18.9. The van der Waals surface area contributed by atoms with E-state index in [4.69, 9.17) is 18.9 Å². The SMILES string of the molecule is Cc1ccc(-c2nc(CN3CCCC3c3ccc4c(c3)OCCO4)co2)cc1. The Balaban J connectivity index is 1.33. The lowest BCUT2D eigenvalue weighted by molar-refractivity contribution is 0.170. The third kappa shape index (κ3) is 3.38. The lowest BCUT2D eigenvalue weighted by Crippen LogP contribution is -2.23. The zero-order valence-corrected chi connectivity index (χ0v) is 16.1. The van der Waals surface area contributed by atoms with Crippen LogP contribution in [0.1, 0.15) is 35.7 Å². The van der Waals surface area contributed by atoms with Gasteiger partial charge in [0.15, 0.2) is 11.5 Å². The monoisotopic (exact) mass is 376 g/mol. The van der Waals surface area contributed by atoms with E-state index in [9.17, 15) is 0 Å². The summed E-state index contributed by atoms with van der Waals surface area (Å²) in [4.78, 5) is 7.19. The third-order valence-electron chi connectivity index (χ3n) is 5.53. The van der Waals surface area contributed by atoms with Crippen molar-refractivity contribution in [2.24, 2.45) is 0 Å². The average Bonchev–Trinajstić information content (AvgIpc) is 3.38. The highest BCUT2D eigenvalue weighted by Gasteiger charge is 2.28. The molecule has 2 aromatic carbocycles. The van der Waals surface area contributed by atoms with E-state index in [2.05, 4.69) is 48.2 Å². The van der Waals surface area contributed by atoms with E-state index in [1.807, 2.05) is 6.07 Å². The van der Waals surface area contributed by atoms with Gasteiger partial charge in [-0.05, 0) is 56.1 Å². The van der Waals surface area contributed by atoms with Gasteiger partial charge < -0.3 is 13.9 Å². The van der Waals surface area contributed by atoms with Crippen LogP contribution in [0.3, 0.4) is 0 Å². The standard InChI is InChI=1S/C23H24N2O3/c1-16-4-6-17(7-5-16)23-24-19(15-28-23)14-25-10-2-3-20(25)18-8-9-21-22(13-18)27-12-11-26-21/h4-9,13,15,20H,2-3,10-12,14H2,1H3. The van der Waals surface area contributed by atoms with E-state index in [0.29, 0.717) is 25.1 Å². The summed E-state index contributed by atoms with van der Waals surface area (Å²) in [6, 6.07) is 15.0. The van der Waals surface area contributed by atoms with E-state index >= 15 is 0 Å². The van der Waals surface area contributed by atoms with E-state index in [0.717, 1.165) is 42.3 Å². The Labute approximate surface area is 164 Å². The number of aryl methyl sites for hydroxylation is 1. The number of ether oxygens (including phenoxy) is 2. The molecule has 1 aromatic heterocycles. The quantitative estimate of drug-likeness (QED) is 0.657. The maximum absolute atomic E-state index is 5.77. The Hall–Kier alpha value is -2.79. The minimum atomic E-state index is 0.371. The molecule has 0 spiro atoms. The number of hydrogen-bond acceptors (Lipinski definition) is 5. The van der Waals surface area contributed by atoms with E-state index in [-0.39, 0.29) is 0 Å². The van der Waals surface area contributed by atoms with Gasteiger partial charge in [0, 0.05) is 18.2 Å². The summed E-state index contributed by atoms with van der Waals surface area (Å²) in [5, 5.41) is 0.